The van der Waals surface area contributed by atoms with Crippen LogP contribution in [0.3, 0.4) is 0 Å². The largest absolute Gasteiger partial charge is 0.254 e. The van der Waals surface area contributed by atoms with E-state index in [1.165, 1.54) is 9.75 Å². The minimum atomic E-state index is -0.791. The van der Waals surface area contributed by atoms with E-state index in [0.29, 0.717) is 5.92 Å². The molecule has 1 unspecified atom stereocenters. The van der Waals surface area contributed by atoms with Crippen LogP contribution >= 0.6 is 11.3 Å². The zero-order valence-electron chi connectivity index (χ0n) is 8.59. The molecule has 0 aliphatic heterocycles. The third-order valence-electron chi connectivity index (χ3n) is 1.88. The highest BCUT2D eigenvalue weighted by Gasteiger charge is 2.14. The van der Waals surface area contributed by atoms with E-state index in [9.17, 15) is 4.21 Å². The number of aryl methyl sites for hydroxylation is 1. The lowest BCUT2D eigenvalue weighted by Crippen LogP contribution is -1.96. The van der Waals surface area contributed by atoms with Gasteiger partial charge in [0.1, 0.15) is 0 Å². The summed E-state index contributed by atoms with van der Waals surface area (Å²) < 4.78 is 11.7. The molecule has 0 amide bonds. The van der Waals surface area contributed by atoms with Gasteiger partial charge in [0.2, 0.25) is 0 Å². The van der Waals surface area contributed by atoms with Crippen molar-refractivity contribution in [1.82, 2.24) is 0 Å². The highest BCUT2D eigenvalue weighted by molar-refractivity contribution is 7.85. The summed E-state index contributed by atoms with van der Waals surface area (Å²) in [5, 5.41) is 0. The van der Waals surface area contributed by atoms with Gasteiger partial charge < -0.3 is 0 Å². The predicted octanol–water partition coefficient (Wildman–Crippen LogP) is 3.31. The van der Waals surface area contributed by atoms with Crippen LogP contribution in [0.4, 0.5) is 0 Å². The molecule has 0 bridgehead atoms. The average Bonchev–Trinajstić information content (AvgIpc) is 2.46. The molecule has 0 saturated heterocycles. The fourth-order valence-electron chi connectivity index (χ4n) is 1.24. The Morgan fingerprint density at radius 3 is 2.62 bits per heavy atom. The van der Waals surface area contributed by atoms with Crippen LogP contribution in [-0.2, 0) is 10.8 Å². The van der Waals surface area contributed by atoms with Crippen molar-refractivity contribution < 1.29 is 4.21 Å². The summed E-state index contributed by atoms with van der Waals surface area (Å²) in [7, 11) is -0.791. The second-order valence-electron chi connectivity index (χ2n) is 3.37. The van der Waals surface area contributed by atoms with Crippen LogP contribution < -0.4 is 0 Å². The Hall–Kier alpha value is -0.150. The van der Waals surface area contributed by atoms with Gasteiger partial charge in [-0.3, -0.25) is 4.21 Å². The second-order valence-corrected chi connectivity index (χ2v) is 6.37. The maximum absolute atomic E-state index is 11.7. The van der Waals surface area contributed by atoms with Gasteiger partial charge >= 0.3 is 0 Å². The Bertz CT molecular complexity index is 313. The predicted molar refractivity (Wildman–Crippen MR) is 60.1 cm³/mol. The second kappa shape index (κ2) is 4.38. The molecular formula is C10H16OS2. The minimum absolute atomic E-state index is 0.490. The van der Waals surface area contributed by atoms with E-state index >= 15 is 0 Å². The summed E-state index contributed by atoms with van der Waals surface area (Å²) in [5.41, 5.74) is 0. The maximum Gasteiger partial charge on any atom is 0.0538 e. The van der Waals surface area contributed by atoms with Crippen molar-refractivity contribution >= 4 is 22.1 Å². The van der Waals surface area contributed by atoms with Crippen molar-refractivity contribution in [1.29, 1.82) is 0 Å². The molecule has 0 aliphatic carbocycles. The molecule has 13 heavy (non-hydrogen) atoms. The van der Waals surface area contributed by atoms with Crippen molar-refractivity contribution in [3.63, 3.8) is 0 Å². The van der Waals surface area contributed by atoms with Gasteiger partial charge in [-0.2, -0.15) is 0 Å². The van der Waals surface area contributed by atoms with Crippen molar-refractivity contribution in [2.45, 2.75) is 38.5 Å². The Morgan fingerprint density at radius 1 is 1.54 bits per heavy atom. The van der Waals surface area contributed by atoms with Crippen LogP contribution in [0.1, 0.15) is 36.4 Å². The zero-order valence-corrected chi connectivity index (χ0v) is 10.2. The Morgan fingerprint density at radius 2 is 2.15 bits per heavy atom. The third kappa shape index (κ3) is 2.41. The van der Waals surface area contributed by atoms with Crippen LogP contribution in [0.15, 0.2) is 11.0 Å². The zero-order chi connectivity index (χ0) is 10.0. The van der Waals surface area contributed by atoms with Crippen molar-refractivity contribution in [2.75, 3.05) is 5.75 Å². The lowest BCUT2D eigenvalue weighted by Gasteiger charge is -2.04. The standard InChI is InChI=1S/C10H16OS2/c1-5-13(11)9-6-8(4)12-10(9)7(2)3/h6-7H,5H2,1-4H3. The van der Waals surface area contributed by atoms with E-state index in [-0.39, 0.29) is 0 Å². The van der Waals surface area contributed by atoms with Crippen LogP contribution in [0.5, 0.6) is 0 Å². The fourth-order valence-corrected chi connectivity index (χ4v) is 3.72. The number of hydrogen-bond acceptors (Lipinski definition) is 2. The molecule has 74 valence electrons. The quantitative estimate of drug-likeness (QED) is 0.757. The molecule has 0 saturated carbocycles. The maximum atomic E-state index is 11.7. The molecule has 0 fully saturated rings. The molecule has 0 spiro atoms. The van der Waals surface area contributed by atoms with Gasteiger partial charge in [-0.1, -0.05) is 20.8 Å². The molecule has 1 aromatic heterocycles. The molecule has 1 nitrogen and oxygen atoms in total. The summed E-state index contributed by atoms with van der Waals surface area (Å²) in [6, 6.07) is 2.07. The molecule has 0 aliphatic rings. The molecule has 1 heterocycles. The van der Waals surface area contributed by atoms with Crippen molar-refractivity contribution in [3.05, 3.63) is 15.8 Å². The first-order valence-electron chi connectivity index (χ1n) is 4.55. The number of thiophene rings is 1. The van der Waals surface area contributed by atoms with E-state index in [1.54, 1.807) is 11.3 Å². The Labute approximate surface area is 86.6 Å². The fraction of sp³-hybridized carbons (Fsp3) is 0.600. The Balaban J connectivity index is 3.11. The first-order chi connectivity index (χ1) is 6.06. The SMILES string of the molecule is CCS(=O)c1cc(C)sc1C(C)C. The van der Waals surface area contributed by atoms with Gasteiger partial charge in [0.05, 0.1) is 15.7 Å². The number of hydrogen-bond donors (Lipinski definition) is 0. The molecule has 1 atom stereocenters. The summed E-state index contributed by atoms with van der Waals surface area (Å²) in [6.07, 6.45) is 0. The van der Waals surface area contributed by atoms with Gasteiger partial charge in [0.25, 0.3) is 0 Å². The molecule has 1 rings (SSSR count). The minimum Gasteiger partial charge on any atom is -0.254 e. The first kappa shape index (κ1) is 10.9. The molecule has 1 aromatic rings. The van der Waals surface area contributed by atoms with E-state index in [2.05, 4.69) is 26.8 Å². The van der Waals surface area contributed by atoms with Crippen LogP contribution in [0, 0.1) is 6.92 Å². The van der Waals surface area contributed by atoms with Crippen molar-refractivity contribution in [2.24, 2.45) is 0 Å². The molecular weight excluding hydrogens is 200 g/mol. The van der Waals surface area contributed by atoms with E-state index in [1.807, 2.05) is 6.92 Å². The summed E-state index contributed by atoms with van der Waals surface area (Å²) in [6.45, 7) is 8.35. The van der Waals surface area contributed by atoms with Crippen LogP contribution in [-0.4, -0.2) is 9.96 Å². The van der Waals surface area contributed by atoms with E-state index in [4.69, 9.17) is 0 Å². The first-order valence-corrected chi connectivity index (χ1v) is 6.68. The van der Waals surface area contributed by atoms with E-state index < -0.39 is 10.8 Å². The Kier molecular flexibility index (Phi) is 3.68. The molecule has 0 N–H and O–H groups in total. The normalized spacial score (nSPS) is 13.6. The molecule has 3 heteroatoms. The van der Waals surface area contributed by atoms with Crippen molar-refractivity contribution in [3.8, 4) is 0 Å². The lowest BCUT2D eigenvalue weighted by atomic mass is 10.2. The lowest BCUT2D eigenvalue weighted by molar-refractivity contribution is 0.682. The number of rotatable bonds is 3. The van der Waals surface area contributed by atoms with Gasteiger partial charge in [-0.05, 0) is 18.9 Å². The highest BCUT2D eigenvalue weighted by Crippen LogP contribution is 2.31. The average molecular weight is 216 g/mol. The molecule has 0 radical (unpaired) electrons. The van der Waals surface area contributed by atoms with E-state index in [0.717, 1.165) is 10.6 Å². The summed E-state index contributed by atoms with van der Waals surface area (Å²) in [4.78, 5) is 3.61. The third-order valence-corrected chi connectivity index (χ3v) is 4.71. The smallest absolute Gasteiger partial charge is 0.0538 e. The topological polar surface area (TPSA) is 17.1 Å². The highest BCUT2D eigenvalue weighted by atomic mass is 32.2. The molecule has 0 aromatic carbocycles. The van der Waals surface area contributed by atoms with Gasteiger partial charge in [0.15, 0.2) is 0 Å². The monoisotopic (exact) mass is 216 g/mol. The summed E-state index contributed by atoms with van der Waals surface area (Å²) >= 11 is 1.77. The van der Waals surface area contributed by atoms with Crippen LogP contribution in [0.2, 0.25) is 0 Å². The summed E-state index contributed by atoms with van der Waals surface area (Å²) in [5.74, 6) is 1.21. The van der Waals surface area contributed by atoms with Gasteiger partial charge in [-0.15, -0.1) is 11.3 Å². The van der Waals surface area contributed by atoms with Gasteiger partial charge in [0, 0.05) is 15.5 Å². The van der Waals surface area contributed by atoms with Gasteiger partial charge in [-0.25, -0.2) is 0 Å². The van der Waals surface area contributed by atoms with Crippen LogP contribution in [0.25, 0.3) is 0 Å².